The molecule has 0 saturated carbocycles. The fourth-order valence-corrected chi connectivity index (χ4v) is 3.97. The Morgan fingerprint density at radius 3 is 2.27 bits per heavy atom. The second-order valence-corrected chi connectivity index (χ2v) is 7.96. The zero-order valence-corrected chi connectivity index (χ0v) is 17.3. The van der Waals surface area contributed by atoms with E-state index in [1.54, 1.807) is 24.3 Å². The van der Waals surface area contributed by atoms with Crippen LogP contribution in [0.1, 0.15) is 49.3 Å². The number of alkyl halides is 2. The number of unbranched alkanes of at least 4 members (excludes halogenated alkanes) is 3. The first-order valence-corrected chi connectivity index (χ1v) is 10.5. The van der Waals surface area contributed by atoms with Crippen LogP contribution in [0.4, 0.5) is 13.2 Å². The maximum absolute atomic E-state index is 14.8. The Bertz CT molecular complexity index is 1050. The van der Waals surface area contributed by atoms with Gasteiger partial charge in [-0.25, -0.2) is 4.39 Å². The molecular weight excluding hydrogens is 385 g/mol. The summed E-state index contributed by atoms with van der Waals surface area (Å²) in [7, 11) is 0. The molecule has 3 aromatic rings. The summed E-state index contributed by atoms with van der Waals surface area (Å²) in [4.78, 5) is 0. The first-order chi connectivity index (χ1) is 14.4. The van der Waals surface area contributed by atoms with E-state index in [0.29, 0.717) is 16.7 Å². The highest BCUT2D eigenvalue weighted by atomic mass is 19.3. The Kier molecular flexibility index (Phi) is 5.59. The van der Waals surface area contributed by atoms with Gasteiger partial charge in [-0.15, -0.1) is 0 Å². The summed E-state index contributed by atoms with van der Waals surface area (Å²) >= 11 is 0. The lowest BCUT2D eigenvalue weighted by Crippen LogP contribution is -2.27. The summed E-state index contributed by atoms with van der Waals surface area (Å²) in [6, 6.07) is 16.2. The predicted octanol–water partition coefficient (Wildman–Crippen LogP) is 8.03. The van der Waals surface area contributed by atoms with Gasteiger partial charge < -0.3 is 4.74 Å². The fourth-order valence-electron chi connectivity index (χ4n) is 3.97. The molecule has 1 heterocycles. The summed E-state index contributed by atoms with van der Waals surface area (Å²) in [6.07, 6.45) is 2.27. The summed E-state index contributed by atoms with van der Waals surface area (Å²) in [6.45, 7) is 3.72. The number of hydrogen-bond donors (Lipinski definition) is 0. The van der Waals surface area contributed by atoms with Crippen molar-refractivity contribution in [1.29, 1.82) is 0 Å². The van der Waals surface area contributed by atoms with Crippen molar-refractivity contribution in [3.05, 3.63) is 77.1 Å². The quantitative estimate of drug-likeness (QED) is 0.374. The van der Waals surface area contributed by atoms with Crippen LogP contribution in [0.2, 0.25) is 0 Å². The van der Waals surface area contributed by atoms with Gasteiger partial charge in [-0.2, -0.15) is 8.78 Å². The Hall–Kier alpha value is -2.75. The zero-order valence-electron chi connectivity index (χ0n) is 17.3. The Balaban J connectivity index is 1.65. The van der Waals surface area contributed by atoms with E-state index in [2.05, 4.69) is 19.1 Å². The molecule has 0 N–H and O–H groups in total. The first-order valence-electron chi connectivity index (χ1n) is 10.5. The van der Waals surface area contributed by atoms with Gasteiger partial charge in [0.05, 0.1) is 5.56 Å². The lowest BCUT2D eigenvalue weighted by molar-refractivity contribution is -0.188. The van der Waals surface area contributed by atoms with Crippen molar-refractivity contribution in [3.8, 4) is 28.0 Å². The first kappa shape index (κ1) is 20.5. The van der Waals surface area contributed by atoms with Crippen LogP contribution in [-0.2, 0) is 12.5 Å². The van der Waals surface area contributed by atoms with Crippen LogP contribution in [0.15, 0.2) is 54.6 Å². The van der Waals surface area contributed by atoms with Crippen molar-refractivity contribution >= 4 is 0 Å². The van der Waals surface area contributed by atoms with E-state index in [0.717, 1.165) is 18.4 Å². The fraction of sp³-hybridized carbons (Fsp3) is 0.308. The van der Waals surface area contributed by atoms with Crippen molar-refractivity contribution in [2.24, 2.45) is 0 Å². The Labute approximate surface area is 175 Å². The maximum atomic E-state index is 14.8. The standard InChI is InChI=1S/C26H25F3O/c1-3-4-5-6-7-18-9-11-19(12-10-18)20-13-15-21-22-14-8-17(2)24(27)25(22)30-26(28,29)23(21)16-20/h8-16H,3-7H2,1-2H3. The SMILES string of the molecule is CCCCCCc1ccc(-c2ccc3c(c2)C(F)(F)Oc2c-3ccc(C)c2F)cc1. The second-order valence-electron chi connectivity index (χ2n) is 7.96. The Morgan fingerprint density at radius 1 is 0.833 bits per heavy atom. The minimum atomic E-state index is -3.59. The topological polar surface area (TPSA) is 9.23 Å². The molecule has 0 bridgehead atoms. The molecule has 0 spiro atoms. The molecule has 1 nitrogen and oxygen atoms in total. The van der Waals surface area contributed by atoms with Crippen LogP contribution in [0.5, 0.6) is 5.75 Å². The lowest BCUT2D eigenvalue weighted by atomic mass is 9.91. The summed E-state index contributed by atoms with van der Waals surface area (Å²) in [5.74, 6) is -1.12. The predicted molar refractivity (Wildman–Crippen MR) is 114 cm³/mol. The molecule has 0 amide bonds. The molecule has 0 radical (unpaired) electrons. The van der Waals surface area contributed by atoms with Crippen LogP contribution in [0.25, 0.3) is 22.3 Å². The van der Waals surface area contributed by atoms with Gasteiger partial charge in [0.2, 0.25) is 0 Å². The normalized spacial score (nSPS) is 14.0. The van der Waals surface area contributed by atoms with Gasteiger partial charge in [0.1, 0.15) is 0 Å². The van der Waals surface area contributed by atoms with Crippen LogP contribution in [0, 0.1) is 12.7 Å². The second kappa shape index (κ2) is 8.17. The third kappa shape index (κ3) is 3.83. The number of aryl methyl sites for hydroxylation is 2. The molecule has 3 aromatic carbocycles. The van der Waals surface area contributed by atoms with E-state index in [4.69, 9.17) is 4.74 Å². The van der Waals surface area contributed by atoms with Crippen LogP contribution >= 0.6 is 0 Å². The molecule has 4 rings (SSSR count). The van der Waals surface area contributed by atoms with E-state index in [1.165, 1.54) is 37.8 Å². The number of rotatable bonds is 6. The van der Waals surface area contributed by atoms with Gasteiger partial charge in [-0.05, 0) is 53.6 Å². The van der Waals surface area contributed by atoms with Crippen LogP contribution in [-0.4, -0.2) is 0 Å². The van der Waals surface area contributed by atoms with E-state index in [9.17, 15) is 13.2 Å². The lowest BCUT2D eigenvalue weighted by Gasteiger charge is -2.29. The number of ether oxygens (including phenoxy) is 1. The molecule has 0 aliphatic carbocycles. The van der Waals surface area contributed by atoms with Gasteiger partial charge in [-0.1, -0.05) is 74.7 Å². The van der Waals surface area contributed by atoms with Gasteiger partial charge in [0.25, 0.3) is 0 Å². The van der Waals surface area contributed by atoms with Crippen molar-refractivity contribution in [1.82, 2.24) is 0 Å². The van der Waals surface area contributed by atoms with E-state index < -0.39 is 11.9 Å². The van der Waals surface area contributed by atoms with Gasteiger partial charge in [-0.3, -0.25) is 0 Å². The van der Waals surface area contributed by atoms with E-state index >= 15 is 0 Å². The minimum absolute atomic E-state index is 0.237. The van der Waals surface area contributed by atoms with Crippen molar-refractivity contribution in [2.45, 2.75) is 52.1 Å². The van der Waals surface area contributed by atoms with Crippen LogP contribution < -0.4 is 4.74 Å². The van der Waals surface area contributed by atoms with Crippen molar-refractivity contribution < 1.29 is 17.9 Å². The highest BCUT2D eigenvalue weighted by molar-refractivity contribution is 5.80. The molecular formula is C26H25F3O. The highest BCUT2D eigenvalue weighted by Crippen LogP contribution is 2.49. The maximum Gasteiger partial charge on any atom is 0.427 e. The summed E-state index contributed by atoms with van der Waals surface area (Å²) in [5, 5.41) is 0. The molecule has 0 atom stereocenters. The molecule has 0 fully saturated rings. The number of benzene rings is 3. The molecule has 30 heavy (non-hydrogen) atoms. The molecule has 1 aliphatic rings. The molecule has 0 saturated heterocycles. The smallest absolute Gasteiger partial charge is 0.425 e. The largest absolute Gasteiger partial charge is 0.427 e. The third-order valence-corrected chi connectivity index (χ3v) is 5.75. The van der Waals surface area contributed by atoms with Crippen molar-refractivity contribution in [2.75, 3.05) is 0 Å². The molecule has 0 unspecified atom stereocenters. The van der Waals surface area contributed by atoms with Gasteiger partial charge >= 0.3 is 6.11 Å². The van der Waals surface area contributed by atoms with E-state index in [-0.39, 0.29) is 16.9 Å². The average Bonchev–Trinajstić information content (AvgIpc) is 2.74. The highest BCUT2D eigenvalue weighted by Gasteiger charge is 2.43. The monoisotopic (exact) mass is 410 g/mol. The zero-order chi connectivity index (χ0) is 21.3. The number of halogens is 3. The van der Waals surface area contributed by atoms with Crippen LogP contribution in [0.3, 0.4) is 0 Å². The minimum Gasteiger partial charge on any atom is -0.425 e. The van der Waals surface area contributed by atoms with Gasteiger partial charge in [0.15, 0.2) is 11.6 Å². The number of fused-ring (bicyclic) bond motifs is 3. The third-order valence-electron chi connectivity index (χ3n) is 5.75. The summed E-state index contributed by atoms with van der Waals surface area (Å²) < 4.78 is 48.7. The van der Waals surface area contributed by atoms with E-state index in [1.807, 2.05) is 12.1 Å². The van der Waals surface area contributed by atoms with Crippen molar-refractivity contribution in [3.63, 3.8) is 0 Å². The Morgan fingerprint density at radius 2 is 1.53 bits per heavy atom. The number of hydrogen-bond acceptors (Lipinski definition) is 1. The molecule has 156 valence electrons. The molecule has 1 aliphatic heterocycles. The molecule has 4 heteroatoms. The van der Waals surface area contributed by atoms with Gasteiger partial charge in [0, 0.05) is 5.56 Å². The average molecular weight is 410 g/mol. The summed E-state index contributed by atoms with van der Waals surface area (Å²) in [5.41, 5.74) is 3.50. The molecule has 0 aromatic heterocycles.